The van der Waals surface area contributed by atoms with Crippen LogP contribution in [-0.2, 0) is 0 Å². The van der Waals surface area contributed by atoms with Crippen molar-refractivity contribution in [2.45, 2.75) is 13.8 Å². The van der Waals surface area contributed by atoms with Crippen molar-refractivity contribution in [3.8, 4) is 28.4 Å². The average Bonchev–Trinajstić information content (AvgIpc) is 3.24. The Labute approximate surface area is 182 Å². The zero-order chi connectivity index (χ0) is 22.0. The van der Waals surface area contributed by atoms with Gasteiger partial charge < -0.3 is 4.74 Å². The summed E-state index contributed by atoms with van der Waals surface area (Å²) < 4.78 is 19.2. The quantitative estimate of drug-likeness (QED) is 0.462. The molecule has 6 nitrogen and oxygen atoms in total. The summed E-state index contributed by atoms with van der Waals surface area (Å²) in [7, 11) is 1.48. The van der Waals surface area contributed by atoms with Crippen LogP contribution in [0.1, 0.15) is 21.6 Å². The van der Waals surface area contributed by atoms with Gasteiger partial charge in [-0.1, -0.05) is 6.07 Å². The Kier molecular flexibility index (Phi) is 5.73. The van der Waals surface area contributed by atoms with Crippen LogP contribution in [0.4, 0.5) is 9.52 Å². The number of hydrogen-bond acceptors (Lipinski definition) is 6. The molecule has 0 radical (unpaired) electrons. The molecule has 0 spiro atoms. The van der Waals surface area contributed by atoms with Crippen LogP contribution in [0.15, 0.2) is 54.0 Å². The molecule has 0 aliphatic carbocycles. The smallest absolute Gasteiger partial charge is 0.259 e. The molecule has 156 valence electrons. The predicted molar refractivity (Wildman–Crippen MR) is 119 cm³/mol. The SMILES string of the molecule is COc1ccc(F)cc1-c1ncccc1C(=O)Nc1nc(-c2ccc(C)c(C)n2)cs1. The summed E-state index contributed by atoms with van der Waals surface area (Å²) in [5, 5.41) is 5.07. The number of nitrogens with zero attached hydrogens (tertiary/aromatic N) is 3. The second-order valence-corrected chi connectivity index (χ2v) is 7.69. The zero-order valence-electron chi connectivity index (χ0n) is 17.1. The van der Waals surface area contributed by atoms with E-state index in [9.17, 15) is 9.18 Å². The Morgan fingerprint density at radius 1 is 1.10 bits per heavy atom. The number of aryl methyl sites for hydroxylation is 2. The molecule has 0 saturated heterocycles. The van der Waals surface area contributed by atoms with Gasteiger partial charge in [-0.15, -0.1) is 11.3 Å². The third-order valence-electron chi connectivity index (χ3n) is 4.81. The van der Waals surface area contributed by atoms with Gasteiger partial charge in [0.05, 0.1) is 24.1 Å². The van der Waals surface area contributed by atoms with Gasteiger partial charge in [0.25, 0.3) is 5.91 Å². The highest BCUT2D eigenvalue weighted by Crippen LogP contribution is 2.32. The second-order valence-electron chi connectivity index (χ2n) is 6.83. The summed E-state index contributed by atoms with van der Waals surface area (Å²) in [6.45, 7) is 3.94. The van der Waals surface area contributed by atoms with Gasteiger partial charge in [-0.3, -0.25) is 20.1 Å². The zero-order valence-corrected chi connectivity index (χ0v) is 18.0. The van der Waals surface area contributed by atoms with Gasteiger partial charge in [0, 0.05) is 22.8 Å². The predicted octanol–water partition coefficient (Wildman–Crippen LogP) is 5.28. The van der Waals surface area contributed by atoms with E-state index >= 15 is 0 Å². The van der Waals surface area contributed by atoms with Crippen molar-refractivity contribution in [2.75, 3.05) is 12.4 Å². The first-order valence-corrected chi connectivity index (χ1v) is 10.3. The monoisotopic (exact) mass is 434 g/mol. The molecule has 1 aromatic carbocycles. The highest BCUT2D eigenvalue weighted by molar-refractivity contribution is 7.14. The van der Waals surface area contributed by atoms with Crippen molar-refractivity contribution in [3.05, 3.63) is 76.7 Å². The van der Waals surface area contributed by atoms with Gasteiger partial charge >= 0.3 is 0 Å². The summed E-state index contributed by atoms with van der Waals surface area (Å²) >= 11 is 1.30. The molecule has 8 heteroatoms. The summed E-state index contributed by atoms with van der Waals surface area (Å²) in [5.41, 5.74) is 4.46. The lowest BCUT2D eigenvalue weighted by Crippen LogP contribution is -2.14. The van der Waals surface area contributed by atoms with E-state index in [1.165, 1.54) is 36.6 Å². The maximum absolute atomic E-state index is 13.9. The minimum absolute atomic E-state index is 0.285. The number of ether oxygens (including phenoxy) is 1. The highest BCUT2D eigenvalue weighted by atomic mass is 32.1. The van der Waals surface area contributed by atoms with Crippen molar-refractivity contribution >= 4 is 22.4 Å². The van der Waals surface area contributed by atoms with Gasteiger partial charge in [0.2, 0.25) is 0 Å². The first-order valence-electron chi connectivity index (χ1n) is 9.46. The summed E-state index contributed by atoms with van der Waals surface area (Å²) in [5.74, 6) is -0.423. The van der Waals surface area contributed by atoms with Crippen molar-refractivity contribution in [1.82, 2.24) is 15.0 Å². The summed E-state index contributed by atoms with van der Waals surface area (Å²) in [4.78, 5) is 26.3. The Bertz CT molecular complexity index is 1270. The third kappa shape index (κ3) is 4.29. The van der Waals surface area contributed by atoms with E-state index in [4.69, 9.17) is 4.74 Å². The Morgan fingerprint density at radius 2 is 1.94 bits per heavy atom. The lowest BCUT2D eigenvalue weighted by molar-refractivity contribution is 0.102. The molecule has 1 N–H and O–H groups in total. The number of anilines is 1. The van der Waals surface area contributed by atoms with Crippen LogP contribution in [0.2, 0.25) is 0 Å². The van der Waals surface area contributed by atoms with Crippen molar-refractivity contribution in [3.63, 3.8) is 0 Å². The van der Waals surface area contributed by atoms with Crippen LogP contribution in [0.5, 0.6) is 5.75 Å². The molecule has 0 fully saturated rings. The first-order chi connectivity index (χ1) is 15.0. The molecule has 0 aliphatic rings. The number of methoxy groups -OCH3 is 1. The molecule has 1 amide bonds. The van der Waals surface area contributed by atoms with Crippen LogP contribution in [0.3, 0.4) is 0 Å². The largest absolute Gasteiger partial charge is 0.496 e. The average molecular weight is 434 g/mol. The number of carbonyl (C=O) groups excluding carboxylic acids is 1. The van der Waals surface area contributed by atoms with E-state index in [0.29, 0.717) is 27.8 Å². The lowest BCUT2D eigenvalue weighted by Gasteiger charge is -2.11. The first kappa shape index (κ1) is 20.6. The number of halogens is 1. The van der Waals surface area contributed by atoms with E-state index < -0.39 is 11.7 Å². The molecule has 0 aliphatic heterocycles. The number of aromatic nitrogens is 3. The molecule has 3 heterocycles. The van der Waals surface area contributed by atoms with Crippen LogP contribution >= 0.6 is 11.3 Å². The number of benzene rings is 1. The van der Waals surface area contributed by atoms with Crippen LogP contribution in [-0.4, -0.2) is 28.0 Å². The summed E-state index contributed by atoms with van der Waals surface area (Å²) in [6.07, 6.45) is 1.54. The van der Waals surface area contributed by atoms with Crippen molar-refractivity contribution in [1.29, 1.82) is 0 Å². The maximum Gasteiger partial charge on any atom is 0.259 e. The number of carbonyl (C=O) groups is 1. The van der Waals surface area contributed by atoms with Gasteiger partial charge in [0.1, 0.15) is 17.3 Å². The standard InChI is InChI=1S/C23H19FN4O2S/c1-13-6-8-18(26-14(13)2)19-12-31-23(27-19)28-22(29)16-5-4-10-25-21(16)17-11-15(24)7-9-20(17)30-3/h4-12H,1-3H3,(H,27,28,29). The molecule has 3 aromatic heterocycles. The number of hydrogen-bond donors (Lipinski definition) is 1. The van der Waals surface area contributed by atoms with Gasteiger partial charge in [0.15, 0.2) is 5.13 Å². The molecular weight excluding hydrogens is 415 g/mol. The number of thiazole rings is 1. The fourth-order valence-electron chi connectivity index (χ4n) is 3.05. The molecular formula is C23H19FN4O2S. The molecule has 0 atom stereocenters. The third-order valence-corrected chi connectivity index (χ3v) is 5.56. The maximum atomic E-state index is 13.9. The van der Waals surface area contributed by atoms with E-state index in [1.54, 1.807) is 18.3 Å². The topological polar surface area (TPSA) is 77.0 Å². The molecule has 0 unspecified atom stereocenters. The van der Waals surface area contributed by atoms with Crippen molar-refractivity contribution < 1.29 is 13.9 Å². The van der Waals surface area contributed by atoms with Gasteiger partial charge in [-0.25, -0.2) is 9.37 Å². The Morgan fingerprint density at radius 3 is 2.71 bits per heavy atom. The lowest BCUT2D eigenvalue weighted by atomic mass is 10.0. The fraction of sp³-hybridized carbons (Fsp3) is 0.130. The minimum Gasteiger partial charge on any atom is -0.496 e. The van der Waals surface area contributed by atoms with E-state index in [1.807, 2.05) is 31.4 Å². The molecule has 4 aromatic rings. The number of nitrogens with one attached hydrogen (secondary N) is 1. The van der Waals surface area contributed by atoms with E-state index in [-0.39, 0.29) is 5.56 Å². The fourth-order valence-corrected chi connectivity index (χ4v) is 3.75. The second kappa shape index (κ2) is 8.61. The van der Waals surface area contributed by atoms with E-state index in [2.05, 4.69) is 20.3 Å². The number of amides is 1. The Hall–Kier alpha value is -3.65. The molecule has 4 rings (SSSR count). The van der Waals surface area contributed by atoms with Crippen molar-refractivity contribution in [2.24, 2.45) is 0 Å². The minimum atomic E-state index is -0.446. The molecule has 0 saturated carbocycles. The Balaban J connectivity index is 1.63. The highest BCUT2D eigenvalue weighted by Gasteiger charge is 2.19. The van der Waals surface area contributed by atoms with E-state index in [0.717, 1.165) is 17.0 Å². The van der Waals surface area contributed by atoms with Gasteiger partial charge in [-0.05, 0) is 55.8 Å². The molecule has 31 heavy (non-hydrogen) atoms. The van der Waals surface area contributed by atoms with Gasteiger partial charge in [-0.2, -0.15) is 0 Å². The van der Waals surface area contributed by atoms with Crippen LogP contribution in [0.25, 0.3) is 22.6 Å². The number of pyridine rings is 2. The normalized spacial score (nSPS) is 10.7. The summed E-state index contributed by atoms with van der Waals surface area (Å²) in [6, 6.07) is 11.3. The number of rotatable bonds is 5. The van der Waals surface area contributed by atoms with Crippen LogP contribution in [0, 0.1) is 19.7 Å². The molecule has 0 bridgehead atoms. The van der Waals surface area contributed by atoms with Crippen LogP contribution < -0.4 is 10.1 Å².